The molecule has 0 saturated heterocycles. The Bertz CT molecular complexity index is 1300. The molecule has 2 aromatic carbocycles. The van der Waals surface area contributed by atoms with Gasteiger partial charge in [0.05, 0.1) is 11.9 Å². The van der Waals surface area contributed by atoms with Gasteiger partial charge in [0.25, 0.3) is 11.5 Å². The lowest BCUT2D eigenvalue weighted by atomic mass is 10.1. The molecule has 0 aliphatic carbocycles. The first-order valence-electron chi connectivity index (χ1n) is 12.1. The minimum absolute atomic E-state index is 0.0266. The van der Waals surface area contributed by atoms with Crippen molar-refractivity contribution in [2.45, 2.75) is 53.0 Å². The molecule has 2 amide bonds. The highest BCUT2D eigenvalue weighted by atomic mass is 16.5. The molecule has 3 rings (SSSR count). The van der Waals surface area contributed by atoms with Crippen LogP contribution in [0, 0.1) is 13.8 Å². The summed E-state index contributed by atoms with van der Waals surface area (Å²) in [7, 11) is 0. The molecule has 0 atom stereocenters. The number of ether oxygens (including phenoxy) is 1. The third-order valence-electron chi connectivity index (χ3n) is 5.81. The largest absolute Gasteiger partial charge is 0.451 e. The van der Waals surface area contributed by atoms with Gasteiger partial charge in [-0.25, -0.2) is 9.48 Å². The highest BCUT2D eigenvalue weighted by Gasteiger charge is 2.19. The van der Waals surface area contributed by atoms with Crippen molar-refractivity contribution >= 4 is 34.2 Å². The number of hydrogen-bond acceptors (Lipinski definition) is 6. The number of anilines is 1. The SMILES string of the molecule is CCCCCCn1nc(C(=O)OCC(=O)NCC(=O)Nc2c(C)cccc2C)c2ccccc2c1=O. The predicted molar refractivity (Wildman–Crippen MR) is 138 cm³/mol. The number of esters is 1. The third kappa shape index (κ3) is 6.78. The topological polar surface area (TPSA) is 119 Å². The number of para-hydroxylation sites is 1. The molecule has 3 aromatic rings. The van der Waals surface area contributed by atoms with E-state index in [0.717, 1.165) is 36.8 Å². The zero-order valence-electron chi connectivity index (χ0n) is 20.9. The van der Waals surface area contributed by atoms with Gasteiger partial charge in [-0.15, -0.1) is 0 Å². The average Bonchev–Trinajstić information content (AvgIpc) is 2.87. The molecule has 0 unspecified atom stereocenters. The van der Waals surface area contributed by atoms with Gasteiger partial charge in [0.2, 0.25) is 5.91 Å². The second kappa shape index (κ2) is 12.6. The number of carbonyl (C=O) groups is 3. The van der Waals surface area contributed by atoms with Crippen molar-refractivity contribution in [2.75, 3.05) is 18.5 Å². The summed E-state index contributed by atoms with van der Waals surface area (Å²) >= 11 is 0. The number of nitrogens with one attached hydrogen (secondary N) is 2. The molecule has 0 aliphatic heterocycles. The Morgan fingerprint density at radius 1 is 0.917 bits per heavy atom. The van der Waals surface area contributed by atoms with Gasteiger partial charge in [-0.2, -0.15) is 5.10 Å². The molecule has 9 heteroatoms. The van der Waals surface area contributed by atoms with Gasteiger partial charge in [-0.05, 0) is 37.5 Å². The fourth-order valence-corrected chi connectivity index (χ4v) is 3.85. The number of benzene rings is 2. The first-order chi connectivity index (χ1) is 17.3. The zero-order chi connectivity index (χ0) is 26.1. The maximum Gasteiger partial charge on any atom is 0.359 e. The lowest BCUT2D eigenvalue weighted by Gasteiger charge is -2.12. The van der Waals surface area contributed by atoms with Crippen LogP contribution in [0.3, 0.4) is 0 Å². The Kier molecular flexibility index (Phi) is 9.32. The molecule has 0 fully saturated rings. The van der Waals surface area contributed by atoms with Crippen molar-refractivity contribution in [2.24, 2.45) is 0 Å². The number of carbonyl (C=O) groups excluding carboxylic acids is 3. The van der Waals surface area contributed by atoms with Crippen LogP contribution in [-0.2, 0) is 20.9 Å². The van der Waals surface area contributed by atoms with Crippen LogP contribution in [0.25, 0.3) is 10.8 Å². The van der Waals surface area contributed by atoms with E-state index in [1.165, 1.54) is 4.68 Å². The quantitative estimate of drug-likeness (QED) is 0.312. The number of aromatic nitrogens is 2. The van der Waals surface area contributed by atoms with E-state index in [1.807, 2.05) is 32.0 Å². The lowest BCUT2D eigenvalue weighted by Crippen LogP contribution is -2.36. The zero-order valence-corrected chi connectivity index (χ0v) is 20.9. The third-order valence-corrected chi connectivity index (χ3v) is 5.81. The molecule has 1 aromatic heterocycles. The van der Waals surface area contributed by atoms with Gasteiger partial charge < -0.3 is 15.4 Å². The van der Waals surface area contributed by atoms with Crippen LogP contribution >= 0.6 is 0 Å². The van der Waals surface area contributed by atoms with E-state index < -0.39 is 24.4 Å². The first kappa shape index (κ1) is 26.6. The maximum atomic E-state index is 12.8. The second-order valence-electron chi connectivity index (χ2n) is 8.65. The van der Waals surface area contributed by atoms with Crippen LogP contribution in [0.15, 0.2) is 47.3 Å². The van der Waals surface area contributed by atoms with Crippen molar-refractivity contribution in [1.82, 2.24) is 15.1 Å². The van der Waals surface area contributed by atoms with E-state index in [4.69, 9.17) is 4.74 Å². The summed E-state index contributed by atoms with van der Waals surface area (Å²) in [5, 5.41) is 10.2. The fourth-order valence-electron chi connectivity index (χ4n) is 3.85. The summed E-state index contributed by atoms with van der Waals surface area (Å²) in [4.78, 5) is 50.1. The number of hydrogen-bond donors (Lipinski definition) is 2. The molecule has 0 saturated carbocycles. The van der Waals surface area contributed by atoms with E-state index in [9.17, 15) is 19.2 Å². The van der Waals surface area contributed by atoms with Crippen molar-refractivity contribution in [1.29, 1.82) is 0 Å². The Labute approximate surface area is 209 Å². The van der Waals surface area contributed by atoms with Crippen LogP contribution in [0.5, 0.6) is 0 Å². The second-order valence-corrected chi connectivity index (χ2v) is 8.65. The van der Waals surface area contributed by atoms with E-state index in [1.54, 1.807) is 24.3 Å². The number of unbranched alkanes of at least 4 members (excludes halogenated alkanes) is 3. The van der Waals surface area contributed by atoms with Crippen molar-refractivity contribution < 1.29 is 19.1 Å². The Morgan fingerprint density at radius 3 is 2.31 bits per heavy atom. The van der Waals surface area contributed by atoms with E-state index in [-0.39, 0.29) is 17.8 Å². The Balaban J connectivity index is 1.61. The molecular weight excluding hydrogens is 460 g/mol. The summed E-state index contributed by atoms with van der Waals surface area (Å²) in [5.74, 6) is -1.84. The summed E-state index contributed by atoms with van der Waals surface area (Å²) in [6.45, 7) is 5.40. The monoisotopic (exact) mass is 492 g/mol. The fraction of sp³-hybridized carbons (Fsp3) is 0.370. The smallest absolute Gasteiger partial charge is 0.359 e. The molecule has 0 radical (unpaired) electrons. The van der Waals surface area contributed by atoms with Crippen molar-refractivity contribution in [3.63, 3.8) is 0 Å². The van der Waals surface area contributed by atoms with Gasteiger partial charge in [0.1, 0.15) is 0 Å². The van der Waals surface area contributed by atoms with Crippen LogP contribution in [0.1, 0.15) is 54.2 Å². The Hall–Kier alpha value is -4.01. The average molecular weight is 493 g/mol. The number of fused-ring (bicyclic) bond motifs is 1. The lowest BCUT2D eigenvalue weighted by molar-refractivity contribution is -0.126. The van der Waals surface area contributed by atoms with Gasteiger partial charge >= 0.3 is 5.97 Å². The first-order valence-corrected chi connectivity index (χ1v) is 12.1. The molecule has 9 nitrogen and oxygen atoms in total. The molecule has 0 aliphatic rings. The van der Waals surface area contributed by atoms with E-state index in [2.05, 4.69) is 22.7 Å². The van der Waals surface area contributed by atoms with Crippen LogP contribution in [0.4, 0.5) is 5.69 Å². The minimum atomic E-state index is -0.816. The summed E-state index contributed by atoms with van der Waals surface area (Å²) < 4.78 is 6.45. The highest BCUT2D eigenvalue weighted by molar-refractivity contribution is 6.02. The number of amides is 2. The maximum absolute atomic E-state index is 12.8. The molecule has 190 valence electrons. The van der Waals surface area contributed by atoms with Gasteiger partial charge in [0.15, 0.2) is 12.3 Å². The summed E-state index contributed by atoms with van der Waals surface area (Å²) in [5.41, 5.74) is 2.23. The van der Waals surface area contributed by atoms with E-state index >= 15 is 0 Å². The van der Waals surface area contributed by atoms with Gasteiger partial charge in [0, 0.05) is 17.6 Å². The summed E-state index contributed by atoms with van der Waals surface area (Å²) in [6, 6.07) is 12.3. The van der Waals surface area contributed by atoms with Crippen molar-refractivity contribution in [3.05, 3.63) is 69.6 Å². The predicted octanol–water partition coefficient (Wildman–Crippen LogP) is 3.51. The normalized spacial score (nSPS) is 10.8. The number of rotatable bonds is 11. The minimum Gasteiger partial charge on any atom is -0.451 e. The van der Waals surface area contributed by atoms with Crippen LogP contribution in [-0.4, -0.2) is 40.7 Å². The molecule has 1 heterocycles. The standard InChI is InChI=1S/C27H32N4O5/c1-4-5-6-9-15-31-26(34)21-14-8-7-13-20(21)25(30-31)27(35)36-17-23(33)28-16-22(32)29-24-18(2)11-10-12-19(24)3/h7-8,10-14H,4-6,9,15-17H2,1-3H3,(H,28,33)(H,29,32). The highest BCUT2D eigenvalue weighted by Crippen LogP contribution is 2.19. The van der Waals surface area contributed by atoms with Gasteiger partial charge in [-0.1, -0.05) is 62.6 Å². The molecule has 2 N–H and O–H groups in total. The molecular formula is C27H32N4O5. The van der Waals surface area contributed by atoms with Crippen LogP contribution < -0.4 is 16.2 Å². The number of aryl methyl sites for hydroxylation is 3. The molecule has 36 heavy (non-hydrogen) atoms. The summed E-state index contributed by atoms with van der Waals surface area (Å²) in [6.07, 6.45) is 3.83. The van der Waals surface area contributed by atoms with Crippen molar-refractivity contribution in [3.8, 4) is 0 Å². The Morgan fingerprint density at radius 2 is 1.61 bits per heavy atom. The van der Waals surface area contributed by atoms with Crippen LogP contribution in [0.2, 0.25) is 0 Å². The molecule has 0 spiro atoms. The molecule has 0 bridgehead atoms. The van der Waals surface area contributed by atoms with E-state index in [0.29, 0.717) is 23.0 Å². The number of nitrogens with zero attached hydrogens (tertiary/aromatic N) is 2. The van der Waals surface area contributed by atoms with Gasteiger partial charge in [-0.3, -0.25) is 14.4 Å².